The van der Waals surface area contributed by atoms with Crippen LogP contribution < -0.4 is 28.4 Å². The molecule has 0 amide bonds. The Kier molecular flexibility index (Phi) is 13.5. The fourth-order valence-electron chi connectivity index (χ4n) is 8.97. The van der Waals surface area contributed by atoms with Crippen molar-refractivity contribution in [2.24, 2.45) is 0 Å². The minimum absolute atomic E-state index is 0.0639. The molecule has 2 unspecified atom stereocenters. The molecule has 2 atom stereocenters. The van der Waals surface area contributed by atoms with E-state index in [0.717, 1.165) is 60.3 Å². The van der Waals surface area contributed by atoms with Crippen LogP contribution in [-0.4, -0.2) is 73.3 Å². The summed E-state index contributed by atoms with van der Waals surface area (Å²) >= 11 is 0. The zero-order valence-electron chi connectivity index (χ0n) is 38.7. The molecule has 0 saturated heterocycles. The number of alkyl halides is 3. The second kappa shape index (κ2) is 19.8. The van der Waals surface area contributed by atoms with Crippen molar-refractivity contribution in [3.63, 3.8) is 0 Å². The van der Waals surface area contributed by atoms with Gasteiger partial charge < -0.3 is 52.1 Å². The number of anilines is 1. The lowest BCUT2D eigenvalue weighted by Crippen LogP contribution is -2.33. The van der Waals surface area contributed by atoms with Crippen molar-refractivity contribution in [3.8, 4) is 40.2 Å². The van der Waals surface area contributed by atoms with Crippen molar-refractivity contribution < 1.29 is 82.8 Å². The Balaban J connectivity index is 0.000000178. The molecule has 0 saturated carbocycles. The summed E-state index contributed by atoms with van der Waals surface area (Å²) in [5.74, 6) is 0.367. The van der Waals surface area contributed by atoms with Gasteiger partial charge in [-0.2, -0.15) is 21.6 Å². The smallest absolute Gasteiger partial charge is 0.469 e. The molecule has 0 fully saturated rings. The van der Waals surface area contributed by atoms with Gasteiger partial charge in [0.1, 0.15) is 40.2 Å². The molecule has 2 spiro atoms. The third-order valence-corrected chi connectivity index (χ3v) is 13.1. The maximum Gasteiger partial charge on any atom is 0.534 e. The summed E-state index contributed by atoms with van der Waals surface area (Å²) in [5.41, 5.74) is -3.07. The first kappa shape index (κ1) is 49.2. The van der Waals surface area contributed by atoms with Gasteiger partial charge in [-0.05, 0) is 73.5 Å². The number of esters is 3. The van der Waals surface area contributed by atoms with Crippen molar-refractivity contribution in [2.75, 3.05) is 46.8 Å². The molecule has 4 heterocycles. The van der Waals surface area contributed by atoms with E-state index in [1.807, 2.05) is 48.5 Å². The lowest BCUT2D eigenvalue weighted by molar-refractivity contribution is -0.140. The Bertz CT molecular complexity index is 3200. The minimum atomic E-state index is -5.91. The molecule has 374 valence electrons. The number of rotatable bonds is 15. The van der Waals surface area contributed by atoms with E-state index in [9.17, 15) is 36.0 Å². The second-order valence-electron chi connectivity index (χ2n) is 16.5. The molecular weight excluding hydrogens is 968 g/mol. The van der Waals surface area contributed by atoms with Crippen LogP contribution in [-0.2, 0) is 49.8 Å². The van der Waals surface area contributed by atoms with Gasteiger partial charge in [0.2, 0.25) is 0 Å². The number of carbonyl (C=O) groups is 3. The molecule has 6 aromatic rings. The van der Waals surface area contributed by atoms with E-state index in [1.165, 1.54) is 26.4 Å². The predicted octanol–water partition coefficient (Wildman–Crippen LogP) is 9.85. The van der Waals surface area contributed by atoms with Crippen LogP contribution in [0.4, 0.5) is 18.9 Å². The van der Waals surface area contributed by atoms with Crippen LogP contribution in [0.1, 0.15) is 79.8 Å². The standard InChI is InChI=1S/C29H29NO7.C23H15F3O8S/c1-33-18-35-20-12-14-24-26(17-20)36-25-16-19(30-15-7-3-4-10-27(31)34-2)11-13-23(25)29(24)22-9-6-5-8-21(22)28(32)37-29;1-30-12-31-13-6-8-17-19(10-13)32-20-11-14(34-35(28,29)23(24,25)26)7-9-18(20)22(17)16-5-3-2-4-15(16)21(27)33-22/h5-6,8-9,11-14,16-17,30H,3-4,7,10,15,18H2,1-2H3;2-11H,12H2,1H3. The van der Waals surface area contributed by atoms with Crippen LogP contribution in [0.3, 0.4) is 0 Å². The second-order valence-corrected chi connectivity index (χ2v) is 18.1. The van der Waals surface area contributed by atoms with Crippen molar-refractivity contribution >= 4 is 33.7 Å². The lowest BCUT2D eigenvalue weighted by atomic mass is 9.77. The third-order valence-electron chi connectivity index (χ3n) is 12.1. The van der Waals surface area contributed by atoms with E-state index < -0.39 is 38.5 Å². The number of hydrogen-bond donors (Lipinski definition) is 1. The van der Waals surface area contributed by atoms with E-state index >= 15 is 0 Å². The van der Waals surface area contributed by atoms with Gasteiger partial charge in [0.25, 0.3) is 0 Å². The predicted molar refractivity (Wildman–Crippen MR) is 249 cm³/mol. The lowest BCUT2D eigenvalue weighted by Gasteiger charge is -2.36. The number of unbranched alkanes of at least 4 members (excludes halogenated alkanes) is 2. The zero-order chi connectivity index (χ0) is 50.8. The Labute approximate surface area is 410 Å². The normalized spacial score (nSPS) is 17.5. The first-order valence-corrected chi connectivity index (χ1v) is 23.7. The number of hydrogen-bond acceptors (Lipinski definition) is 16. The average Bonchev–Trinajstić information content (AvgIpc) is 3.83. The van der Waals surface area contributed by atoms with Gasteiger partial charge in [-0.25, -0.2) is 9.59 Å². The van der Waals surface area contributed by atoms with Gasteiger partial charge in [-0.1, -0.05) is 42.8 Å². The molecular formula is C52H44F3NO15S. The van der Waals surface area contributed by atoms with E-state index in [-0.39, 0.29) is 42.6 Å². The summed E-state index contributed by atoms with van der Waals surface area (Å²) in [5, 5.41) is 3.42. The monoisotopic (exact) mass is 1010 g/mol. The Hall–Kier alpha value is -7.81. The minimum Gasteiger partial charge on any atom is -0.469 e. The number of fused-ring (bicyclic) bond motifs is 12. The highest BCUT2D eigenvalue weighted by Crippen LogP contribution is 2.59. The summed E-state index contributed by atoms with van der Waals surface area (Å²) < 4.78 is 116. The summed E-state index contributed by atoms with van der Waals surface area (Å²) in [7, 11) is -1.51. The first-order valence-electron chi connectivity index (χ1n) is 22.3. The molecule has 6 aromatic carbocycles. The summed E-state index contributed by atoms with van der Waals surface area (Å²) in [4.78, 5) is 37.0. The Morgan fingerprint density at radius 1 is 0.583 bits per heavy atom. The van der Waals surface area contributed by atoms with Gasteiger partial charge in [-0.15, -0.1) is 0 Å². The third kappa shape index (κ3) is 8.96. The molecule has 4 aliphatic heterocycles. The topological polar surface area (TPSA) is 190 Å². The molecule has 0 bridgehead atoms. The van der Waals surface area contributed by atoms with Crippen LogP contribution in [0.25, 0.3) is 0 Å². The SMILES string of the molecule is COCOc1ccc2c(c1)Oc1cc(NCCCCCC(=O)OC)ccc1C21OC(=O)c2ccccc21.COCOc1ccc2c(c1)Oc1cc(OS(=O)(=O)C(F)(F)F)ccc1C21OC(=O)c2ccccc21. The number of benzene rings is 6. The fourth-order valence-corrected chi connectivity index (χ4v) is 9.42. The Morgan fingerprint density at radius 2 is 1.04 bits per heavy atom. The number of carbonyl (C=O) groups excluding carboxylic acids is 3. The van der Waals surface area contributed by atoms with Crippen molar-refractivity contribution in [1.29, 1.82) is 0 Å². The van der Waals surface area contributed by atoms with Crippen LogP contribution >= 0.6 is 0 Å². The largest absolute Gasteiger partial charge is 0.534 e. The van der Waals surface area contributed by atoms with E-state index in [1.54, 1.807) is 55.6 Å². The maximum atomic E-state index is 13.0. The molecule has 1 N–H and O–H groups in total. The molecule has 16 nitrogen and oxygen atoms in total. The van der Waals surface area contributed by atoms with E-state index in [2.05, 4.69) is 14.2 Å². The van der Waals surface area contributed by atoms with Gasteiger partial charge in [0, 0.05) is 90.5 Å². The quantitative estimate of drug-likeness (QED) is 0.0255. The maximum absolute atomic E-state index is 13.0. The highest BCUT2D eigenvalue weighted by molar-refractivity contribution is 7.88. The van der Waals surface area contributed by atoms with Crippen molar-refractivity contribution in [2.45, 2.75) is 42.4 Å². The molecule has 0 aliphatic carbocycles. The zero-order valence-corrected chi connectivity index (χ0v) is 39.5. The molecule has 0 aromatic heterocycles. The van der Waals surface area contributed by atoms with Crippen LogP contribution in [0.5, 0.6) is 40.2 Å². The van der Waals surface area contributed by atoms with Gasteiger partial charge in [0.05, 0.1) is 18.2 Å². The summed E-state index contributed by atoms with van der Waals surface area (Å²) in [6.07, 6.45) is 3.05. The first-order chi connectivity index (χ1) is 34.6. The van der Waals surface area contributed by atoms with Gasteiger partial charge in [0.15, 0.2) is 24.8 Å². The number of methoxy groups -OCH3 is 3. The Morgan fingerprint density at radius 3 is 1.53 bits per heavy atom. The highest BCUT2D eigenvalue weighted by atomic mass is 32.2. The van der Waals surface area contributed by atoms with E-state index in [0.29, 0.717) is 51.7 Å². The van der Waals surface area contributed by atoms with Crippen molar-refractivity contribution in [3.05, 3.63) is 166 Å². The average molecular weight is 1010 g/mol. The number of ether oxygens (including phenoxy) is 9. The van der Waals surface area contributed by atoms with Crippen LogP contribution in [0, 0.1) is 0 Å². The molecule has 20 heteroatoms. The highest BCUT2D eigenvalue weighted by Gasteiger charge is 2.55. The van der Waals surface area contributed by atoms with Crippen molar-refractivity contribution in [1.82, 2.24) is 0 Å². The van der Waals surface area contributed by atoms with Crippen LogP contribution in [0.15, 0.2) is 121 Å². The number of nitrogens with one attached hydrogen (secondary N) is 1. The molecule has 4 aliphatic rings. The molecule has 0 radical (unpaired) electrons. The summed E-state index contributed by atoms with van der Waals surface area (Å²) in [6, 6.07) is 33.5. The van der Waals surface area contributed by atoms with Gasteiger partial charge >= 0.3 is 33.5 Å². The number of halogens is 3. The van der Waals surface area contributed by atoms with Crippen LogP contribution in [0.2, 0.25) is 0 Å². The van der Waals surface area contributed by atoms with E-state index in [4.69, 9.17) is 37.9 Å². The fraction of sp³-hybridized carbons (Fsp3) is 0.250. The molecule has 10 rings (SSSR count). The summed E-state index contributed by atoms with van der Waals surface area (Å²) in [6.45, 7) is 0.784. The van der Waals surface area contributed by atoms with Gasteiger partial charge in [-0.3, -0.25) is 4.79 Å². The molecule has 72 heavy (non-hydrogen) atoms.